The largest absolute Gasteiger partial charge is 0.383 e. The Labute approximate surface area is 117 Å². The van der Waals surface area contributed by atoms with E-state index in [9.17, 15) is 4.39 Å². The Hall–Kier alpha value is -1.55. The minimum atomic E-state index is -0.463. The molecule has 0 unspecified atom stereocenters. The minimum absolute atomic E-state index is 0.0978. The van der Waals surface area contributed by atoms with E-state index in [1.54, 1.807) is 6.07 Å². The summed E-state index contributed by atoms with van der Waals surface area (Å²) in [7, 11) is 0. The molecule has 5 heteroatoms. The van der Waals surface area contributed by atoms with Crippen molar-refractivity contribution >= 4 is 17.4 Å². The molecule has 0 saturated carbocycles. The number of imidazole rings is 1. The molecule has 0 spiro atoms. The van der Waals surface area contributed by atoms with Crippen LogP contribution in [-0.4, -0.2) is 9.55 Å². The molecule has 1 aromatic heterocycles. The summed E-state index contributed by atoms with van der Waals surface area (Å²) in [5, 5.41) is 0.0978. The maximum Gasteiger partial charge on any atom is 0.142 e. The highest BCUT2D eigenvalue weighted by atomic mass is 35.5. The number of hydrogen-bond donors (Lipinski definition) is 1. The van der Waals surface area contributed by atoms with Gasteiger partial charge in [-0.05, 0) is 25.0 Å². The summed E-state index contributed by atoms with van der Waals surface area (Å²) in [5.41, 5.74) is 7.37. The van der Waals surface area contributed by atoms with Crippen LogP contribution in [0.4, 0.5) is 10.2 Å². The summed E-state index contributed by atoms with van der Waals surface area (Å²) in [6.45, 7) is 6.91. The highest BCUT2D eigenvalue weighted by Gasteiger charge is 2.15. The standard InChI is InChI=1S/C14H17ClFN3/c1-8(2)7-19-9(3)18-13(14(19)17)10-4-5-11(15)12(16)6-10/h4-6,8H,7,17H2,1-3H3. The van der Waals surface area contributed by atoms with E-state index >= 15 is 0 Å². The molecule has 0 saturated heterocycles. The zero-order valence-electron chi connectivity index (χ0n) is 11.2. The van der Waals surface area contributed by atoms with Gasteiger partial charge >= 0.3 is 0 Å². The van der Waals surface area contributed by atoms with Gasteiger partial charge in [0.2, 0.25) is 0 Å². The van der Waals surface area contributed by atoms with Gasteiger partial charge in [-0.2, -0.15) is 0 Å². The number of hydrogen-bond acceptors (Lipinski definition) is 2. The second-order valence-electron chi connectivity index (χ2n) is 5.03. The van der Waals surface area contributed by atoms with E-state index in [0.29, 0.717) is 23.0 Å². The molecule has 2 N–H and O–H groups in total. The fraction of sp³-hybridized carbons (Fsp3) is 0.357. The number of nitrogens with zero attached hydrogens (tertiary/aromatic N) is 2. The first-order chi connectivity index (χ1) is 8.90. The molecular weight excluding hydrogens is 265 g/mol. The molecule has 0 aliphatic rings. The Morgan fingerprint density at radius 3 is 2.68 bits per heavy atom. The highest BCUT2D eigenvalue weighted by molar-refractivity contribution is 6.30. The number of aryl methyl sites for hydroxylation is 1. The Balaban J connectivity index is 2.48. The van der Waals surface area contributed by atoms with Crippen LogP contribution in [0.15, 0.2) is 18.2 Å². The third-order valence-corrected chi connectivity index (χ3v) is 3.24. The first-order valence-corrected chi connectivity index (χ1v) is 6.56. The second-order valence-corrected chi connectivity index (χ2v) is 5.43. The van der Waals surface area contributed by atoms with Crippen LogP contribution in [0.2, 0.25) is 5.02 Å². The summed E-state index contributed by atoms with van der Waals surface area (Å²) in [5.74, 6) is 1.39. The van der Waals surface area contributed by atoms with Gasteiger partial charge in [-0.25, -0.2) is 9.37 Å². The summed E-state index contributed by atoms with van der Waals surface area (Å²) >= 11 is 5.68. The lowest BCUT2D eigenvalue weighted by Gasteiger charge is -2.10. The third kappa shape index (κ3) is 2.73. The molecule has 1 heterocycles. The lowest BCUT2D eigenvalue weighted by Crippen LogP contribution is -2.09. The molecular formula is C14H17ClFN3. The molecule has 0 aliphatic carbocycles. The summed E-state index contributed by atoms with van der Waals surface area (Å²) in [6, 6.07) is 4.60. The molecule has 0 aliphatic heterocycles. The number of anilines is 1. The number of aromatic nitrogens is 2. The van der Waals surface area contributed by atoms with Crippen LogP contribution < -0.4 is 5.73 Å². The molecule has 0 fully saturated rings. The molecule has 0 radical (unpaired) electrons. The summed E-state index contributed by atoms with van der Waals surface area (Å²) in [6.07, 6.45) is 0. The van der Waals surface area contributed by atoms with Crippen LogP contribution >= 0.6 is 11.6 Å². The molecule has 19 heavy (non-hydrogen) atoms. The average Bonchev–Trinajstić information content (AvgIpc) is 2.60. The molecule has 102 valence electrons. The van der Waals surface area contributed by atoms with Crippen molar-refractivity contribution in [2.45, 2.75) is 27.3 Å². The van der Waals surface area contributed by atoms with E-state index in [-0.39, 0.29) is 5.02 Å². The van der Waals surface area contributed by atoms with Crippen molar-refractivity contribution in [3.05, 3.63) is 34.9 Å². The SMILES string of the molecule is Cc1nc(-c2ccc(Cl)c(F)c2)c(N)n1CC(C)C. The lowest BCUT2D eigenvalue weighted by atomic mass is 10.1. The van der Waals surface area contributed by atoms with Crippen molar-refractivity contribution < 1.29 is 4.39 Å². The van der Waals surface area contributed by atoms with E-state index in [0.717, 1.165) is 12.4 Å². The van der Waals surface area contributed by atoms with Gasteiger partial charge < -0.3 is 10.3 Å². The minimum Gasteiger partial charge on any atom is -0.383 e. The molecule has 0 bridgehead atoms. The van der Waals surface area contributed by atoms with E-state index in [1.807, 2.05) is 11.5 Å². The second kappa shape index (κ2) is 5.21. The van der Waals surface area contributed by atoms with Crippen LogP contribution in [0.5, 0.6) is 0 Å². The Morgan fingerprint density at radius 2 is 2.11 bits per heavy atom. The Morgan fingerprint density at radius 1 is 1.42 bits per heavy atom. The van der Waals surface area contributed by atoms with E-state index in [1.165, 1.54) is 12.1 Å². The number of nitrogens with two attached hydrogens (primary N) is 1. The van der Waals surface area contributed by atoms with Crippen molar-refractivity contribution in [2.24, 2.45) is 5.92 Å². The molecule has 3 nitrogen and oxygen atoms in total. The maximum atomic E-state index is 13.5. The number of benzene rings is 1. The zero-order valence-corrected chi connectivity index (χ0v) is 12.0. The van der Waals surface area contributed by atoms with Gasteiger partial charge in [-0.3, -0.25) is 0 Å². The Bertz CT molecular complexity index is 605. The zero-order chi connectivity index (χ0) is 14.2. The van der Waals surface area contributed by atoms with Gasteiger partial charge in [0.25, 0.3) is 0 Å². The van der Waals surface area contributed by atoms with Crippen molar-refractivity contribution in [3.63, 3.8) is 0 Å². The van der Waals surface area contributed by atoms with E-state index in [4.69, 9.17) is 17.3 Å². The van der Waals surface area contributed by atoms with Crippen LogP contribution in [-0.2, 0) is 6.54 Å². The summed E-state index contributed by atoms with van der Waals surface area (Å²) in [4.78, 5) is 4.43. The fourth-order valence-electron chi connectivity index (χ4n) is 2.03. The number of rotatable bonds is 3. The lowest BCUT2D eigenvalue weighted by molar-refractivity contribution is 0.518. The molecule has 2 aromatic rings. The van der Waals surface area contributed by atoms with Gasteiger partial charge in [-0.15, -0.1) is 0 Å². The van der Waals surface area contributed by atoms with Gasteiger partial charge in [0.05, 0.1) is 5.02 Å². The molecule has 2 rings (SSSR count). The first-order valence-electron chi connectivity index (χ1n) is 6.18. The van der Waals surface area contributed by atoms with Gasteiger partial charge in [0.1, 0.15) is 23.2 Å². The van der Waals surface area contributed by atoms with Gasteiger partial charge in [0.15, 0.2) is 0 Å². The first kappa shape index (κ1) is 13.9. The topological polar surface area (TPSA) is 43.8 Å². The predicted octanol–water partition coefficient (Wildman–Crippen LogP) is 3.89. The van der Waals surface area contributed by atoms with Crippen LogP contribution in [0.25, 0.3) is 11.3 Å². The van der Waals surface area contributed by atoms with Crippen molar-refractivity contribution in [1.82, 2.24) is 9.55 Å². The van der Waals surface area contributed by atoms with E-state index in [2.05, 4.69) is 18.8 Å². The molecule has 0 amide bonds. The fourth-order valence-corrected chi connectivity index (χ4v) is 2.15. The monoisotopic (exact) mass is 281 g/mol. The van der Waals surface area contributed by atoms with Crippen LogP contribution in [0.3, 0.4) is 0 Å². The van der Waals surface area contributed by atoms with Gasteiger partial charge in [-0.1, -0.05) is 31.5 Å². The van der Waals surface area contributed by atoms with Crippen molar-refractivity contribution in [3.8, 4) is 11.3 Å². The highest BCUT2D eigenvalue weighted by Crippen LogP contribution is 2.29. The summed E-state index contributed by atoms with van der Waals surface area (Å²) < 4.78 is 15.5. The normalized spacial score (nSPS) is 11.3. The van der Waals surface area contributed by atoms with Crippen molar-refractivity contribution in [1.29, 1.82) is 0 Å². The van der Waals surface area contributed by atoms with Crippen LogP contribution in [0, 0.1) is 18.7 Å². The number of halogens is 2. The maximum absolute atomic E-state index is 13.5. The Kier molecular flexibility index (Phi) is 3.80. The predicted molar refractivity (Wildman–Crippen MR) is 76.6 cm³/mol. The van der Waals surface area contributed by atoms with Crippen LogP contribution in [0.1, 0.15) is 19.7 Å². The van der Waals surface area contributed by atoms with E-state index < -0.39 is 5.82 Å². The van der Waals surface area contributed by atoms with Crippen molar-refractivity contribution in [2.75, 3.05) is 5.73 Å². The van der Waals surface area contributed by atoms with Gasteiger partial charge in [0, 0.05) is 12.1 Å². The third-order valence-electron chi connectivity index (χ3n) is 2.94. The smallest absolute Gasteiger partial charge is 0.142 e. The quantitative estimate of drug-likeness (QED) is 0.927. The average molecular weight is 282 g/mol. The molecule has 0 atom stereocenters. The molecule has 1 aromatic carbocycles. The number of nitrogen functional groups attached to an aromatic ring is 1.